The van der Waals surface area contributed by atoms with Crippen molar-refractivity contribution in [2.75, 3.05) is 0 Å². The van der Waals surface area contributed by atoms with Crippen LogP contribution in [0.5, 0.6) is 0 Å². The molecular weight excluding hydrogens is 687 g/mol. The van der Waals surface area contributed by atoms with Crippen molar-refractivity contribution in [3.8, 4) is 44.9 Å². The average Bonchev–Trinajstić information content (AvgIpc) is 3.89. The molecule has 0 atom stereocenters. The van der Waals surface area contributed by atoms with E-state index in [1.807, 2.05) is 31.2 Å². The minimum absolute atomic E-state index is 0.826. The van der Waals surface area contributed by atoms with Gasteiger partial charge in [-0.3, -0.25) is 0 Å². The van der Waals surface area contributed by atoms with Gasteiger partial charge in [0.05, 0.1) is 23.5 Å². The predicted octanol–water partition coefficient (Wildman–Crippen LogP) is 13.3. The van der Waals surface area contributed by atoms with E-state index in [2.05, 4.69) is 123 Å². The number of fused-ring (bicyclic) bond motifs is 2. The zero-order chi connectivity index (χ0) is 32.0. The molecule has 0 N–H and O–H groups in total. The SMILES string of the molecule is Cc1ccc(-c2cc3c(-c4ccccc4)c(C)ccc3[cH-]2)o1.Cc1ccc2[cH-]c(-c3ccco3)cc2c1-c1ccccc1.[Cl][Zr+2][Cl]. The molecule has 0 spiro atoms. The molecule has 0 aliphatic heterocycles. The van der Waals surface area contributed by atoms with E-state index >= 15 is 0 Å². The number of furan rings is 2. The number of halogens is 2. The Labute approximate surface area is 288 Å². The van der Waals surface area contributed by atoms with Crippen LogP contribution in [-0.4, -0.2) is 0 Å². The third kappa shape index (κ3) is 6.93. The van der Waals surface area contributed by atoms with E-state index < -0.39 is 20.8 Å². The van der Waals surface area contributed by atoms with Gasteiger partial charge in [0.15, 0.2) is 0 Å². The first-order valence-corrected chi connectivity index (χ1v) is 21.4. The molecule has 226 valence electrons. The number of hydrogen-bond donors (Lipinski definition) is 0. The van der Waals surface area contributed by atoms with Gasteiger partial charge < -0.3 is 8.83 Å². The molecule has 0 saturated heterocycles. The van der Waals surface area contributed by atoms with Gasteiger partial charge in [-0.1, -0.05) is 101 Å². The van der Waals surface area contributed by atoms with Crippen molar-refractivity contribution in [3.05, 3.63) is 157 Å². The van der Waals surface area contributed by atoms with Crippen LogP contribution >= 0.6 is 17.0 Å². The summed E-state index contributed by atoms with van der Waals surface area (Å²) < 4.78 is 11.3. The fourth-order valence-electron chi connectivity index (χ4n) is 6.07. The topological polar surface area (TPSA) is 26.3 Å². The van der Waals surface area contributed by atoms with Crippen molar-refractivity contribution in [1.82, 2.24) is 0 Å². The minimum atomic E-state index is -0.826. The summed E-state index contributed by atoms with van der Waals surface area (Å²) in [5, 5.41) is 5.09. The number of rotatable bonds is 4. The molecule has 0 radical (unpaired) electrons. The van der Waals surface area contributed by atoms with Crippen LogP contribution in [0.3, 0.4) is 0 Å². The van der Waals surface area contributed by atoms with Gasteiger partial charge >= 0.3 is 37.9 Å². The summed E-state index contributed by atoms with van der Waals surface area (Å²) in [5.41, 5.74) is 10.0. The van der Waals surface area contributed by atoms with E-state index in [9.17, 15) is 0 Å². The molecule has 8 aromatic rings. The molecule has 0 amide bonds. The van der Waals surface area contributed by atoms with E-state index in [0.29, 0.717) is 0 Å². The number of aryl methyl sites for hydroxylation is 3. The van der Waals surface area contributed by atoms with Gasteiger partial charge in [0.25, 0.3) is 0 Å². The van der Waals surface area contributed by atoms with Crippen molar-refractivity contribution in [1.29, 1.82) is 0 Å². The second-order valence-corrected chi connectivity index (χ2v) is 14.9. The summed E-state index contributed by atoms with van der Waals surface area (Å²) in [6.45, 7) is 6.32. The summed E-state index contributed by atoms with van der Waals surface area (Å²) >= 11 is -0.826. The molecule has 0 saturated carbocycles. The third-order valence-electron chi connectivity index (χ3n) is 8.15. The van der Waals surface area contributed by atoms with Gasteiger partial charge in [-0.2, -0.15) is 0 Å². The molecule has 2 nitrogen and oxygen atoms in total. The Morgan fingerprint density at radius 2 is 1.04 bits per heavy atom. The van der Waals surface area contributed by atoms with Gasteiger partial charge in [0, 0.05) is 0 Å². The average molecular weight is 719 g/mol. The zero-order valence-corrected chi connectivity index (χ0v) is 29.8. The van der Waals surface area contributed by atoms with Crippen LogP contribution in [0.2, 0.25) is 0 Å². The van der Waals surface area contributed by atoms with Crippen LogP contribution < -0.4 is 0 Å². The van der Waals surface area contributed by atoms with Crippen molar-refractivity contribution in [2.45, 2.75) is 20.8 Å². The molecule has 0 unspecified atom stereocenters. The third-order valence-corrected chi connectivity index (χ3v) is 8.15. The maximum atomic E-state index is 5.77. The van der Waals surface area contributed by atoms with E-state index in [-0.39, 0.29) is 0 Å². The maximum absolute atomic E-state index is 5.77. The van der Waals surface area contributed by atoms with E-state index in [4.69, 9.17) is 25.9 Å². The molecule has 5 heteroatoms. The molecule has 2 aromatic heterocycles. The molecule has 0 fully saturated rings. The first kappa shape index (κ1) is 32.1. The van der Waals surface area contributed by atoms with E-state index in [0.717, 1.165) is 28.4 Å². The van der Waals surface area contributed by atoms with Crippen LogP contribution in [0.15, 0.2) is 149 Å². The molecule has 6 aromatic carbocycles. The predicted molar refractivity (Wildman–Crippen MR) is 191 cm³/mol. The molecule has 0 aliphatic rings. The van der Waals surface area contributed by atoms with Gasteiger partial charge in [-0.15, -0.1) is 57.9 Å². The summed E-state index contributed by atoms with van der Waals surface area (Å²) in [6.07, 6.45) is 1.72. The number of hydrogen-bond acceptors (Lipinski definition) is 2. The molecule has 0 aliphatic carbocycles. The van der Waals surface area contributed by atoms with Gasteiger partial charge in [-0.05, 0) is 61.2 Å². The molecular formula is C41H32Cl2O2Zr. The van der Waals surface area contributed by atoms with E-state index in [1.54, 1.807) is 6.26 Å². The van der Waals surface area contributed by atoms with Crippen LogP contribution in [0.4, 0.5) is 0 Å². The second kappa shape index (κ2) is 14.7. The Hall–Kier alpha value is -3.88. The van der Waals surface area contributed by atoms with Crippen LogP contribution in [0, 0.1) is 20.8 Å². The Morgan fingerprint density at radius 3 is 1.48 bits per heavy atom. The van der Waals surface area contributed by atoms with Crippen molar-refractivity contribution in [2.24, 2.45) is 0 Å². The van der Waals surface area contributed by atoms with Gasteiger partial charge in [-0.25, -0.2) is 0 Å². The van der Waals surface area contributed by atoms with Gasteiger partial charge in [0.1, 0.15) is 0 Å². The molecule has 0 bridgehead atoms. The quantitative estimate of drug-likeness (QED) is 0.169. The van der Waals surface area contributed by atoms with Crippen LogP contribution in [0.1, 0.15) is 16.9 Å². The zero-order valence-electron chi connectivity index (χ0n) is 25.9. The number of benzene rings is 4. The first-order chi connectivity index (χ1) is 22.5. The van der Waals surface area contributed by atoms with Crippen molar-refractivity contribution in [3.63, 3.8) is 0 Å². The summed E-state index contributed by atoms with van der Waals surface area (Å²) in [4.78, 5) is 0. The van der Waals surface area contributed by atoms with Crippen molar-refractivity contribution >= 4 is 38.6 Å². The van der Waals surface area contributed by atoms with Crippen molar-refractivity contribution < 1.29 is 29.7 Å². The Kier molecular flexibility index (Phi) is 10.2. The van der Waals surface area contributed by atoms with Crippen LogP contribution in [0.25, 0.3) is 66.4 Å². The van der Waals surface area contributed by atoms with Crippen LogP contribution in [-0.2, 0) is 20.8 Å². The van der Waals surface area contributed by atoms with Gasteiger partial charge in [0.2, 0.25) is 0 Å². The Balaban J connectivity index is 0.000000149. The standard InChI is InChI=1S/C21H17O.C20H15O.2ClH.Zr/c1-14-8-10-17-12-18(20-11-9-15(2)22-20)13-19(17)21(14)16-6-4-3-5-7-16;1-14-9-10-16-12-17(19-8-5-11-21-19)13-18(16)20(14)15-6-3-2-4-7-15;;;/h3-13H,1-2H3;2-13H,1H3;2*1H;/q2*-1;;;+4/p-2. The summed E-state index contributed by atoms with van der Waals surface area (Å²) in [6, 6.07) is 46.8. The van der Waals surface area contributed by atoms with E-state index in [1.165, 1.54) is 54.9 Å². The molecule has 2 heterocycles. The fraction of sp³-hybridized carbons (Fsp3) is 0.0732. The Morgan fingerprint density at radius 1 is 0.543 bits per heavy atom. The summed E-state index contributed by atoms with van der Waals surface area (Å²) in [7, 11) is 9.87. The first-order valence-electron chi connectivity index (χ1n) is 15.0. The molecule has 46 heavy (non-hydrogen) atoms. The monoisotopic (exact) mass is 716 g/mol. The Bertz CT molecular complexity index is 2170. The molecule has 8 rings (SSSR count). The summed E-state index contributed by atoms with van der Waals surface area (Å²) in [5.74, 6) is 2.80. The second-order valence-electron chi connectivity index (χ2n) is 11.2. The normalized spacial score (nSPS) is 10.6. The fourth-order valence-corrected chi connectivity index (χ4v) is 6.07.